The maximum Gasteiger partial charge on any atom is 0.419 e. The third-order valence-electron chi connectivity index (χ3n) is 3.09. The summed E-state index contributed by atoms with van der Waals surface area (Å²) in [4.78, 5) is 3.86. The molecule has 112 valence electrons. The average molecular weight is 299 g/mol. The third-order valence-corrected chi connectivity index (χ3v) is 3.09. The van der Waals surface area contributed by atoms with Crippen molar-refractivity contribution < 1.29 is 17.6 Å². The number of benzene rings is 1. The standard InChI is InChI=1S/C14H13F4N3/c15-12-2-1-10(8-11(12)14(16,17)18)13(21-19)7-9-3-5-20-6-4-9/h1-6,8,13,21H,7,19H2. The normalized spacial score (nSPS) is 13.2. The number of halogens is 4. The van der Waals surface area contributed by atoms with Crippen molar-refractivity contribution >= 4 is 0 Å². The summed E-state index contributed by atoms with van der Waals surface area (Å²) in [5.41, 5.74) is 2.28. The van der Waals surface area contributed by atoms with E-state index < -0.39 is 23.6 Å². The van der Waals surface area contributed by atoms with Gasteiger partial charge in [-0.05, 0) is 41.8 Å². The van der Waals surface area contributed by atoms with E-state index in [9.17, 15) is 17.6 Å². The van der Waals surface area contributed by atoms with Gasteiger partial charge in [-0.2, -0.15) is 13.2 Å². The van der Waals surface area contributed by atoms with Gasteiger partial charge in [0, 0.05) is 18.4 Å². The maximum absolute atomic E-state index is 13.3. The number of hydrogen-bond donors (Lipinski definition) is 2. The summed E-state index contributed by atoms with van der Waals surface area (Å²) in [5.74, 6) is 4.11. The van der Waals surface area contributed by atoms with Crippen molar-refractivity contribution in [3.05, 3.63) is 65.2 Å². The summed E-state index contributed by atoms with van der Waals surface area (Å²) in [6.45, 7) is 0. The summed E-state index contributed by atoms with van der Waals surface area (Å²) >= 11 is 0. The van der Waals surface area contributed by atoms with E-state index in [-0.39, 0.29) is 5.56 Å². The number of aromatic nitrogens is 1. The highest BCUT2D eigenvalue weighted by Crippen LogP contribution is 2.33. The van der Waals surface area contributed by atoms with Crippen molar-refractivity contribution in [1.29, 1.82) is 0 Å². The number of nitrogens with zero attached hydrogens (tertiary/aromatic N) is 1. The molecular formula is C14H13F4N3. The lowest BCUT2D eigenvalue weighted by atomic mass is 9.98. The van der Waals surface area contributed by atoms with Crippen molar-refractivity contribution in [2.45, 2.75) is 18.6 Å². The first-order chi connectivity index (χ1) is 9.91. The SMILES string of the molecule is NNC(Cc1ccncc1)c1ccc(F)c(C(F)(F)F)c1. The molecule has 21 heavy (non-hydrogen) atoms. The fourth-order valence-corrected chi connectivity index (χ4v) is 2.00. The largest absolute Gasteiger partial charge is 0.419 e. The van der Waals surface area contributed by atoms with Gasteiger partial charge in [0.25, 0.3) is 0 Å². The predicted octanol–water partition coefficient (Wildman–Crippen LogP) is 2.99. The number of hydrazine groups is 1. The van der Waals surface area contributed by atoms with Crippen molar-refractivity contribution in [2.75, 3.05) is 0 Å². The van der Waals surface area contributed by atoms with Crippen LogP contribution in [0.2, 0.25) is 0 Å². The Labute approximate surface area is 118 Å². The first-order valence-electron chi connectivity index (χ1n) is 6.13. The summed E-state index contributed by atoms with van der Waals surface area (Å²) < 4.78 is 51.4. The number of nitrogens with two attached hydrogens (primary N) is 1. The summed E-state index contributed by atoms with van der Waals surface area (Å²) in [6.07, 6.45) is -1.22. The third kappa shape index (κ3) is 3.77. The summed E-state index contributed by atoms with van der Waals surface area (Å²) in [6, 6.07) is 5.78. The van der Waals surface area contributed by atoms with Crippen LogP contribution in [0.4, 0.5) is 17.6 Å². The highest BCUT2D eigenvalue weighted by atomic mass is 19.4. The van der Waals surface area contributed by atoms with Crippen LogP contribution in [0.25, 0.3) is 0 Å². The van der Waals surface area contributed by atoms with Crippen LogP contribution in [0.1, 0.15) is 22.7 Å². The molecule has 0 saturated heterocycles. The Morgan fingerprint density at radius 3 is 2.38 bits per heavy atom. The van der Waals surface area contributed by atoms with Gasteiger partial charge >= 0.3 is 6.18 Å². The lowest BCUT2D eigenvalue weighted by Gasteiger charge is -2.18. The lowest BCUT2D eigenvalue weighted by Crippen LogP contribution is -2.30. The van der Waals surface area contributed by atoms with E-state index in [1.54, 1.807) is 24.5 Å². The molecule has 0 amide bonds. The number of pyridine rings is 1. The maximum atomic E-state index is 13.3. The molecule has 0 aliphatic rings. The number of hydrogen-bond acceptors (Lipinski definition) is 3. The molecule has 1 aromatic heterocycles. The van der Waals surface area contributed by atoms with Gasteiger partial charge in [0.1, 0.15) is 5.82 Å². The lowest BCUT2D eigenvalue weighted by molar-refractivity contribution is -0.140. The highest BCUT2D eigenvalue weighted by Gasteiger charge is 2.34. The minimum absolute atomic E-state index is 0.267. The van der Waals surface area contributed by atoms with Gasteiger partial charge in [0.2, 0.25) is 0 Å². The number of nitrogens with one attached hydrogen (secondary N) is 1. The fourth-order valence-electron chi connectivity index (χ4n) is 2.00. The van der Waals surface area contributed by atoms with Gasteiger partial charge in [-0.3, -0.25) is 16.3 Å². The van der Waals surface area contributed by atoms with Crippen LogP contribution in [0.15, 0.2) is 42.7 Å². The molecule has 2 rings (SSSR count). The molecule has 3 nitrogen and oxygen atoms in total. The molecule has 0 radical (unpaired) electrons. The topological polar surface area (TPSA) is 50.9 Å². The zero-order valence-corrected chi connectivity index (χ0v) is 10.9. The first kappa shape index (κ1) is 15.4. The second-order valence-electron chi connectivity index (χ2n) is 4.52. The van der Waals surface area contributed by atoms with E-state index in [0.717, 1.165) is 17.7 Å². The molecule has 1 aromatic carbocycles. The quantitative estimate of drug-likeness (QED) is 0.518. The van der Waals surface area contributed by atoms with Gasteiger partial charge in [-0.1, -0.05) is 6.07 Å². The summed E-state index contributed by atoms with van der Waals surface area (Å²) in [7, 11) is 0. The van der Waals surface area contributed by atoms with Crippen LogP contribution < -0.4 is 11.3 Å². The van der Waals surface area contributed by atoms with Crippen LogP contribution in [0.5, 0.6) is 0 Å². The monoisotopic (exact) mass is 299 g/mol. The second kappa shape index (κ2) is 6.19. The predicted molar refractivity (Wildman–Crippen MR) is 69.4 cm³/mol. The van der Waals surface area contributed by atoms with Crippen molar-refractivity contribution in [1.82, 2.24) is 10.4 Å². The Hall–Kier alpha value is -1.99. The molecular weight excluding hydrogens is 286 g/mol. The Kier molecular flexibility index (Phi) is 4.54. The van der Waals surface area contributed by atoms with Gasteiger partial charge in [0.05, 0.1) is 5.56 Å². The van der Waals surface area contributed by atoms with E-state index in [1.807, 2.05) is 0 Å². The van der Waals surface area contributed by atoms with Crippen LogP contribution >= 0.6 is 0 Å². The van der Waals surface area contributed by atoms with Crippen LogP contribution in [0, 0.1) is 5.82 Å². The van der Waals surface area contributed by atoms with Crippen LogP contribution in [-0.2, 0) is 12.6 Å². The Morgan fingerprint density at radius 1 is 1.14 bits per heavy atom. The average Bonchev–Trinajstić information content (AvgIpc) is 2.45. The zero-order valence-electron chi connectivity index (χ0n) is 10.9. The molecule has 0 bridgehead atoms. The van der Waals surface area contributed by atoms with Crippen molar-refractivity contribution in [2.24, 2.45) is 5.84 Å². The molecule has 7 heteroatoms. The molecule has 1 heterocycles. The molecule has 0 aliphatic carbocycles. The minimum Gasteiger partial charge on any atom is -0.271 e. The number of rotatable bonds is 4. The molecule has 2 aromatic rings. The van der Waals surface area contributed by atoms with E-state index >= 15 is 0 Å². The Balaban J connectivity index is 2.30. The molecule has 1 atom stereocenters. The zero-order chi connectivity index (χ0) is 15.5. The number of alkyl halides is 3. The van der Waals surface area contributed by atoms with E-state index in [0.29, 0.717) is 6.42 Å². The summed E-state index contributed by atoms with van der Waals surface area (Å²) in [5, 5.41) is 0. The smallest absolute Gasteiger partial charge is 0.271 e. The Morgan fingerprint density at radius 2 is 1.81 bits per heavy atom. The van der Waals surface area contributed by atoms with Crippen molar-refractivity contribution in [3.8, 4) is 0 Å². The highest BCUT2D eigenvalue weighted by molar-refractivity contribution is 5.30. The van der Waals surface area contributed by atoms with Crippen LogP contribution in [-0.4, -0.2) is 4.98 Å². The Bertz CT molecular complexity index is 599. The van der Waals surface area contributed by atoms with Crippen molar-refractivity contribution in [3.63, 3.8) is 0 Å². The van der Waals surface area contributed by atoms with Gasteiger partial charge in [0.15, 0.2) is 0 Å². The molecule has 1 unspecified atom stereocenters. The van der Waals surface area contributed by atoms with Gasteiger partial charge in [-0.15, -0.1) is 0 Å². The molecule has 0 fully saturated rings. The molecule has 0 saturated carbocycles. The van der Waals surface area contributed by atoms with Crippen LogP contribution in [0.3, 0.4) is 0 Å². The van der Waals surface area contributed by atoms with E-state index in [4.69, 9.17) is 5.84 Å². The fraction of sp³-hybridized carbons (Fsp3) is 0.214. The second-order valence-corrected chi connectivity index (χ2v) is 4.52. The van der Waals surface area contributed by atoms with E-state index in [1.165, 1.54) is 6.07 Å². The minimum atomic E-state index is -4.74. The van der Waals surface area contributed by atoms with Gasteiger partial charge < -0.3 is 0 Å². The molecule has 0 aliphatic heterocycles. The molecule has 3 N–H and O–H groups in total. The first-order valence-corrected chi connectivity index (χ1v) is 6.13. The van der Waals surface area contributed by atoms with E-state index in [2.05, 4.69) is 10.4 Å². The molecule has 0 spiro atoms. The van der Waals surface area contributed by atoms with Gasteiger partial charge in [-0.25, -0.2) is 4.39 Å².